The molecule has 1 aromatic rings. The van der Waals surface area contributed by atoms with E-state index >= 15 is 0 Å². The Kier molecular flexibility index (Phi) is 4.85. The second kappa shape index (κ2) is 6.41. The van der Waals surface area contributed by atoms with Gasteiger partial charge in [0.25, 0.3) is 0 Å². The fourth-order valence-corrected chi connectivity index (χ4v) is 2.46. The number of nitrogens with zero attached hydrogens (tertiary/aromatic N) is 1. The Balaban J connectivity index is 2.07. The molecule has 0 bridgehead atoms. The average Bonchev–Trinajstić information content (AvgIpc) is 2.42. The molecule has 0 aromatic heterocycles. The molecule has 2 N–H and O–H groups in total. The summed E-state index contributed by atoms with van der Waals surface area (Å²) in [5.74, 6) is -1.68. The minimum Gasteiger partial charge on any atom is -0.378 e. The summed E-state index contributed by atoms with van der Waals surface area (Å²) in [5.41, 5.74) is 6.26. The van der Waals surface area contributed by atoms with Gasteiger partial charge in [-0.3, -0.25) is 4.90 Å². The molecule has 0 aliphatic carbocycles. The van der Waals surface area contributed by atoms with E-state index in [1.807, 2.05) is 0 Å². The van der Waals surface area contributed by atoms with Crippen molar-refractivity contribution >= 4 is 0 Å². The molecule has 0 spiro atoms. The third-order valence-electron chi connectivity index (χ3n) is 3.63. The maximum Gasteiger partial charge on any atom is 0.163 e. The van der Waals surface area contributed by atoms with Gasteiger partial charge < -0.3 is 10.5 Å². The van der Waals surface area contributed by atoms with Crippen LogP contribution in [0.3, 0.4) is 0 Å². The van der Waals surface area contributed by atoms with Gasteiger partial charge in [0.1, 0.15) is 0 Å². The van der Waals surface area contributed by atoms with Crippen molar-refractivity contribution in [3.05, 3.63) is 35.4 Å². The normalized spacial score (nSPS) is 22.4. The van der Waals surface area contributed by atoms with Gasteiger partial charge in [-0.1, -0.05) is 19.1 Å². The molecule has 0 radical (unpaired) electrons. The van der Waals surface area contributed by atoms with Crippen LogP contribution in [-0.2, 0) is 4.74 Å². The molecule has 1 saturated heterocycles. The number of rotatable bonds is 4. The average molecular weight is 270 g/mol. The zero-order valence-electron chi connectivity index (χ0n) is 11.1. The smallest absolute Gasteiger partial charge is 0.163 e. The summed E-state index contributed by atoms with van der Waals surface area (Å²) in [6.07, 6.45) is 0.957. The van der Waals surface area contributed by atoms with Gasteiger partial charge in [-0.05, 0) is 12.5 Å². The fraction of sp³-hybridized carbons (Fsp3) is 0.571. The molecule has 2 atom stereocenters. The maximum atomic E-state index is 13.7. The lowest BCUT2D eigenvalue weighted by atomic mass is 10.0. The van der Waals surface area contributed by atoms with Gasteiger partial charge in [-0.25, -0.2) is 8.78 Å². The van der Waals surface area contributed by atoms with Crippen molar-refractivity contribution < 1.29 is 13.5 Å². The van der Waals surface area contributed by atoms with Crippen molar-refractivity contribution in [1.82, 2.24) is 4.90 Å². The summed E-state index contributed by atoms with van der Waals surface area (Å²) in [4.78, 5) is 2.19. The lowest BCUT2D eigenvalue weighted by Crippen LogP contribution is -2.47. The van der Waals surface area contributed by atoms with E-state index < -0.39 is 17.7 Å². The van der Waals surface area contributed by atoms with Crippen LogP contribution >= 0.6 is 0 Å². The molecule has 0 saturated carbocycles. The zero-order chi connectivity index (χ0) is 13.8. The molecule has 1 aliphatic heterocycles. The monoisotopic (exact) mass is 270 g/mol. The van der Waals surface area contributed by atoms with Crippen molar-refractivity contribution in [3.63, 3.8) is 0 Å². The molecular formula is C14H20F2N2O. The largest absolute Gasteiger partial charge is 0.378 e. The van der Waals surface area contributed by atoms with Gasteiger partial charge in [0.2, 0.25) is 0 Å². The van der Waals surface area contributed by atoms with E-state index in [4.69, 9.17) is 10.5 Å². The standard InChI is InChI=1S/C14H20F2N2O/c1-2-10-9-19-7-6-18(10)8-13(17)11-4-3-5-12(15)14(11)16/h3-5,10,13H,2,6-9,17H2,1H3. The number of halogens is 2. The van der Waals surface area contributed by atoms with Crippen LogP contribution in [0.2, 0.25) is 0 Å². The van der Waals surface area contributed by atoms with Crippen LogP contribution in [-0.4, -0.2) is 37.2 Å². The summed E-state index contributed by atoms with van der Waals surface area (Å²) < 4.78 is 32.3. The first-order valence-corrected chi connectivity index (χ1v) is 6.64. The maximum absolute atomic E-state index is 13.7. The van der Waals surface area contributed by atoms with Gasteiger partial charge >= 0.3 is 0 Å². The first kappa shape index (κ1) is 14.4. The van der Waals surface area contributed by atoms with Crippen LogP contribution in [0.15, 0.2) is 18.2 Å². The molecule has 1 aromatic carbocycles. The Hall–Kier alpha value is -1.04. The predicted octanol–water partition coefficient (Wildman–Crippen LogP) is 2.08. The van der Waals surface area contributed by atoms with Crippen molar-refractivity contribution in [1.29, 1.82) is 0 Å². The second-order valence-corrected chi connectivity index (χ2v) is 4.88. The van der Waals surface area contributed by atoms with Crippen molar-refractivity contribution in [2.75, 3.05) is 26.3 Å². The van der Waals surface area contributed by atoms with Gasteiger partial charge in [-0.2, -0.15) is 0 Å². The molecular weight excluding hydrogens is 250 g/mol. The summed E-state index contributed by atoms with van der Waals surface area (Å²) in [5, 5.41) is 0. The highest BCUT2D eigenvalue weighted by Gasteiger charge is 2.25. The molecule has 3 nitrogen and oxygen atoms in total. The van der Waals surface area contributed by atoms with Crippen molar-refractivity contribution in [3.8, 4) is 0 Å². The zero-order valence-corrected chi connectivity index (χ0v) is 11.1. The fourth-order valence-electron chi connectivity index (χ4n) is 2.46. The second-order valence-electron chi connectivity index (χ2n) is 4.88. The molecule has 106 valence electrons. The molecule has 5 heteroatoms. The Bertz CT molecular complexity index is 428. The minimum absolute atomic E-state index is 0.237. The topological polar surface area (TPSA) is 38.5 Å². The van der Waals surface area contributed by atoms with E-state index in [0.29, 0.717) is 25.8 Å². The van der Waals surface area contributed by atoms with Crippen molar-refractivity contribution in [2.24, 2.45) is 5.73 Å². The van der Waals surface area contributed by atoms with Crippen LogP contribution in [0.5, 0.6) is 0 Å². The highest BCUT2D eigenvalue weighted by molar-refractivity contribution is 5.22. The predicted molar refractivity (Wildman–Crippen MR) is 69.8 cm³/mol. The summed E-state index contributed by atoms with van der Waals surface area (Å²) in [6, 6.07) is 3.92. The van der Waals surface area contributed by atoms with Crippen LogP contribution in [0.4, 0.5) is 8.78 Å². The van der Waals surface area contributed by atoms with Gasteiger partial charge in [-0.15, -0.1) is 0 Å². The lowest BCUT2D eigenvalue weighted by Gasteiger charge is -2.36. The number of hydrogen-bond donors (Lipinski definition) is 1. The lowest BCUT2D eigenvalue weighted by molar-refractivity contribution is -0.0112. The molecule has 0 amide bonds. The van der Waals surface area contributed by atoms with E-state index in [0.717, 1.165) is 19.0 Å². The first-order chi connectivity index (χ1) is 9.13. The van der Waals surface area contributed by atoms with Gasteiger partial charge in [0, 0.05) is 30.7 Å². The van der Waals surface area contributed by atoms with E-state index in [1.54, 1.807) is 6.07 Å². The SMILES string of the molecule is CCC1COCCN1CC(N)c1cccc(F)c1F. The molecule has 1 heterocycles. The Labute approximate surface area is 112 Å². The molecule has 2 rings (SSSR count). The quantitative estimate of drug-likeness (QED) is 0.910. The van der Waals surface area contributed by atoms with E-state index in [2.05, 4.69) is 11.8 Å². The van der Waals surface area contributed by atoms with Crippen LogP contribution in [0.25, 0.3) is 0 Å². The third-order valence-corrected chi connectivity index (χ3v) is 3.63. The highest BCUT2D eigenvalue weighted by Crippen LogP contribution is 2.20. The van der Waals surface area contributed by atoms with Gasteiger partial charge in [0.15, 0.2) is 11.6 Å². The van der Waals surface area contributed by atoms with E-state index in [1.165, 1.54) is 6.07 Å². The summed E-state index contributed by atoms with van der Waals surface area (Å²) in [6.45, 7) is 4.72. The van der Waals surface area contributed by atoms with E-state index in [-0.39, 0.29) is 5.56 Å². The Morgan fingerprint density at radius 2 is 2.26 bits per heavy atom. The van der Waals surface area contributed by atoms with Gasteiger partial charge in [0.05, 0.1) is 13.2 Å². The number of hydrogen-bond acceptors (Lipinski definition) is 3. The van der Waals surface area contributed by atoms with Crippen molar-refractivity contribution in [2.45, 2.75) is 25.4 Å². The number of benzene rings is 1. The third kappa shape index (κ3) is 3.29. The highest BCUT2D eigenvalue weighted by atomic mass is 19.2. The summed E-state index contributed by atoms with van der Waals surface area (Å²) >= 11 is 0. The Morgan fingerprint density at radius 1 is 1.47 bits per heavy atom. The number of ether oxygens (including phenoxy) is 1. The molecule has 2 unspecified atom stereocenters. The molecule has 1 aliphatic rings. The minimum atomic E-state index is -0.845. The van der Waals surface area contributed by atoms with Crippen LogP contribution < -0.4 is 5.73 Å². The first-order valence-electron chi connectivity index (χ1n) is 6.64. The Morgan fingerprint density at radius 3 is 3.00 bits per heavy atom. The molecule has 19 heavy (non-hydrogen) atoms. The molecule has 1 fully saturated rings. The number of morpholine rings is 1. The summed E-state index contributed by atoms with van der Waals surface area (Å²) in [7, 11) is 0. The number of nitrogens with two attached hydrogens (primary N) is 1. The van der Waals surface area contributed by atoms with E-state index in [9.17, 15) is 8.78 Å². The van der Waals surface area contributed by atoms with Crippen LogP contribution in [0, 0.1) is 11.6 Å². The van der Waals surface area contributed by atoms with Crippen LogP contribution in [0.1, 0.15) is 24.9 Å².